The maximum atomic E-state index is 11.9. The zero-order valence-electron chi connectivity index (χ0n) is 8.76. The summed E-state index contributed by atoms with van der Waals surface area (Å²) in [6, 6.07) is -0.162. The summed E-state index contributed by atoms with van der Waals surface area (Å²) in [5.74, 6) is 0.0293. The van der Waals surface area contributed by atoms with E-state index < -0.39 is 10.0 Å². The largest absolute Gasteiger partial charge is 0.396 e. The highest BCUT2D eigenvalue weighted by molar-refractivity contribution is 7.89. The second kappa shape index (κ2) is 4.52. The Hall–Kier alpha value is -0.920. The van der Waals surface area contributed by atoms with Gasteiger partial charge in [-0.2, -0.15) is 5.10 Å². The number of nitrogens with zero attached hydrogens (tertiary/aromatic N) is 1. The van der Waals surface area contributed by atoms with E-state index in [9.17, 15) is 8.42 Å². The number of aliphatic hydroxyl groups excluding tert-OH is 1. The van der Waals surface area contributed by atoms with Gasteiger partial charge in [-0.1, -0.05) is 6.42 Å². The van der Waals surface area contributed by atoms with Gasteiger partial charge in [0.2, 0.25) is 10.0 Å². The van der Waals surface area contributed by atoms with Crippen molar-refractivity contribution in [2.45, 2.75) is 30.2 Å². The third kappa shape index (κ3) is 2.26. The summed E-state index contributed by atoms with van der Waals surface area (Å²) in [5, 5.41) is 15.2. The lowest BCUT2D eigenvalue weighted by Gasteiger charge is -2.18. The highest BCUT2D eigenvalue weighted by atomic mass is 32.2. The molecule has 0 radical (unpaired) electrons. The number of aromatic amines is 1. The summed E-state index contributed by atoms with van der Waals surface area (Å²) in [5.41, 5.74) is 0. The molecule has 1 heterocycles. The molecule has 1 aromatic heterocycles. The second-order valence-electron chi connectivity index (χ2n) is 4.04. The van der Waals surface area contributed by atoms with Crippen LogP contribution in [0, 0.1) is 5.92 Å². The zero-order valence-corrected chi connectivity index (χ0v) is 9.57. The van der Waals surface area contributed by atoms with Crippen LogP contribution in [0.1, 0.15) is 19.3 Å². The molecule has 1 fully saturated rings. The highest BCUT2D eigenvalue weighted by Gasteiger charge is 2.30. The van der Waals surface area contributed by atoms with Crippen LogP contribution in [0.3, 0.4) is 0 Å². The molecule has 0 bridgehead atoms. The van der Waals surface area contributed by atoms with Crippen molar-refractivity contribution in [1.82, 2.24) is 14.9 Å². The molecule has 0 amide bonds. The molecule has 7 heteroatoms. The molecule has 90 valence electrons. The SMILES string of the molecule is O=S(=O)(NC1CCCC1CO)c1cn[nH]c1. The van der Waals surface area contributed by atoms with Gasteiger partial charge in [-0.25, -0.2) is 13.1 Å². The molecule has 0 aliphatic heterocycles. The first-order valence-electron chi connectivity index (χ1n) is 5.25. The Morgan fingerprint density at radius 3 is 3.00 bits per heavy atom. The molecule has 1 aliphatic carbocycles. The Morgan fingerprint density at radius 2 is 2.38 bits per heavy atom. The smallest absolute Gasteiger partial charge is 0.243 e. The van der Waals surface area contributed by atoms with Crippen LogP contribution >= 0.6 is 0 Å². The Balaban J connectivity index is 2.10. The number of hydrogen-bond donors (Lipinski definition) is 3. The van der Waals surface area contributed by atoms with Crippen LogP contribution in [0.15, 0.2) is 17.3 Å². The van der Waals surface area contributed by atoms with Crippen LogP contribution in [0.25, 0.3) is 0 Å². The first-order valence-corrected chi connectivity index (χ1v) is 6.74. The fraction of sp³-hybridized carbons (Fsp3) is 0.667. The molecule has 0 saturated heterocycles. The number of hydrogen-bond acceptors (Lipinski definition) is 4. The molecule has 1 aliphatic rings. The van der Waals surface area contributed by atoms with Crippen molar-refractivity contribution >= 4 is 10.0 Å². The standard InChI is InChI=1S/C9H15N3O3S/c13-6-7-2-1-3-9(7)12-16(14,15)8-4-10-11-5-8/h4-5,7,9,12-13H,1-3,6H2,(H,10,11). The van der Waals surface area contributed by atoms with Gasteiger partial charge in [-0.15, -0.1) is 0 Å². The number of sulfonamides is 1. The number of aromatic nitrogens is 2. The number of rotatable bonds is 4. The van der Waals surface area contributed by atoms with E-state index in [1.54, 1.807) is 0 Å². The molecule has 1 aromatic rings. The summed E-state index contributed by atoms with van der Waals surface area (Å²) in [6.07, 6.45) is 5.21. The van der Waals surface area contributed by atoms with E-state index in [-0.39, 0.29) is 23.5 Å². The van der Waals surface area contributed by atoms with Crippen molar-refractivity contribution < 1.29 is 13.5 Å². The predicted octanol–water partition coefficient (Wildman–Crippen LogP) is -0.151. The Labute approximate surface area is 94.1 Å². The van der Waals surface area contributed by atoms with E-state index >= 15 is 0 Å². The number of nitrogens with one attached hydrogen (secondary N) is 2. The molecule has 3 N–H and O–H groups in total. The van der Waals surface area contributed by atoms with Crippen molar-refractivity contribution in [3.8, 4) is 0 Å². The highest BCUT2D eigenvalue weighted by Crippen LogP contribution is 2.26. The summed E-state index contributed by atoms with van der Waals surface area (Å²) in [6.45, 7) is 0.0264. The minimum absolute atomic E-state index is 0.0264. The van der Waals surface area contributed by atoms with Crippen molar-refractivity contribution in [3.63, 3.8) is 0 Å². The Bertz CT molecular complexity index is 429. The lowest BCUT2D eigenvalue weighted by atomic mass is 10.1. The monoisotopic (exact) mass is 245 g/mol. The van der Waals surface area contributed by atoms with Gasteiger partial charge in [0.25, 0.3) is 0 Å². The summed E-state index contributed by atoms with van der Waals surface area (Å²) in [7, 11) is -3.50. The van der Waals surface area contributed by atoms with Crippen molar-refractivity contribution in [3.05, 3.63) is 12.4 Å². The number of aliphatic hydroxyl groups is 1. The summed E-state index contributed by atoms with van der Waals surface area (Å²) in [4.78, 5) is 0.135. The van der Waals surface area contributed by atoms with E-state index in [1.807, 2.05) is 0 Å². The van der Waals surface area contributed by atoms with Crippen LogP contribution < -0.4 is 4.72 Å². The fourth-order valence-corrected chi connectivity index (χ4v) is 3.31. The van der Waals surface area contributed by atoms with Gasteiger partial charge >= 0.3 is 0 Å². The maximum absolute atomic E-state index is 11.9. The third-order valence-corrected chi connectivity index (χ3v) is 4.44. The van der Waals surface area contributed by atoms with Gasteiger partial charge in [0.05, 0.1) is 6.20 Å². The average Bonchev–Trinajstić information content (AvgIpc) is 2.86. The lowest BCUT2D eigenvalue weighted by molar-refractivity contribution is 0.213. The molecule has 6 nitrogen and oxygen atoms in total. The van der Waals surface area contributed by atoms with Crippen LogP contribution in [0.5, 0.6) is 0 Å². The molecule has 1 saturated carbocycles. The predicted molar refractivity (Wildman–Crippen MR) is 57.1 cm³/mol. The van der Waals surface area contributed by atoms with Crippen molar-refractivity contribution in [2.75, 3.05) is 6.61 Å². The van der Waals surface area contributed by atoms with Crippen LogP contribution in [0.2, 0.25) is 0 Å². The quantitative estimate of drug-likeness (QED) is 0.687. The Kier molecular flexibility index (Phi) is 3.27. The fourth-order valence-electron chi connectivity index (χ4n) is 2.06. The van der Waals surface area contributed by atoms with E-state index in [4.69, 9.17) is 5.11 Å². The normalized spacial score (nSPS) is 26.1. The van der Waals surface area contributed by atoms with Crippen LogP contribution in [0.4, 0.5) is 0 Å². The molecular weight excluding hydrogens is 230 g/mol. The van der Waals surface area contributed by atoms with Gasteiger partial charge in [-0.05, 0) is 18.8 Å². The van der Waals surface area contributed by atoms with Crippen LogP contribution in [-0.4, -0.2) is 36.4 Å². The van der Waals surface area contributed by atoms with Gasteiger partial charge in [0.15, 0.2) is 0 Å². The first-order chi connectivity index (χ1) is 7.63. The minimum Gasteiger partial charge on any atom is -0.396 e. The molecule has 0 spiro atoms. The summed E-state index contributed by atoms with van der Waals surface area (Å²) >= 11 is 0. The number of H-pyrrole nitrogens is 1. The van der Waals surface area contributed by atoms with E-state index in [1.165, 1.54) is 12.4 Å². The Morgan fingerprint density at radius 1 is 1.56 bits per heavy atom. The lowest BCUT2D eigenvalue weighted by Crippen LogP contribution is -2.38. The summed E-state index contributed by atoms with van der Waals surface area (Å²) < 4.78 is 26.3. The molecule has 2 unspecified atom stereocenters. The molecule has 16 heavy (non-hydrogen) atoms. The van der Waals surface area contributed by atoms with Gasteiger partial charge in [-0.3, -0.25) is 5.10 Å². The molecule has 2 rings (SSSR count). The zero-order chi connectivity index (χ0) is 11.6. The van der Waals surface area contributed by atoms with E-state index in [2.05, 4.69) is 14.9 Å². The molecule has 2 atom stereocenters. The first kappa shape index (κ1) is 11.6. The van der Waals surface area contributed by atoms with Crippen molar-refractivity contribution in [2.24, 2.45) is 5.92 Å². The van der Waals surface area contributed by atoms with Crippen molar-refractivity contribution in [1.29, 1.82) is 0 Å². The molecular formula is C9H15N3O3S. The van der Waals surface area contributed by atoms with E-state index in [0.717, 1.165) is 19.3 Å². The van der Waals surface area contributed by atoms with Gasteiger partial charge in [0, 0.05) is 18.8 Å². The van der Waals surface area contributed by atoms with E-state index in [0.29, 0.717) is 0 Å². The molecule has 0 aromatic carbocycles. The van der Waals surface area contributed by atoms with Gasteiger partial charge in [0.1, 0.15) is 4.90 Å². The second-order valence-corrected chi connectivity index (χ2v) is 5.75. The topological polar surface area (TPSA) is 95.1 Å². The minimum atomic E-state index is -3.50. The maximum Gasteiger partial charge on any atom is 0.243 e. The third-order valence-electron chi connectivity index (χ3n) is 2.98. The van der Waals surface area contributed by atoms with Crippen LogP contribution in [-0.2, 0) is 10.0 Å². The average molecular weight is 245 g/mol. The van der Waals surface area contributed by atoms with Gasteiger partial charge < -0.3 is 5.11 Å².